The van der Waals surface area contributed by atoms with Crippen LogP contribution in [0.3, 0.4) is 0 Å². The first-order valence-electron chi connectivity index (χ1n) is 17.6. The van der Waals surface area contributed by atoms with Gasteiger partial charge in [0, 0.05) is 60.8 Å². The maximum absolute atomic E-state index is 14.5. The van der Waals surface area contributed by atoms with E-state index in [2.05, 4.69) is 0 Å². The molecule has 4 bridgehead atoms. The number of methoxy groups -OCH3 is 1. The van der Waals surface area contributed by atoms with Crippen molar-refractivity contribution in [2.45, 2.75) is 128 Å². The molecule has 3 saturated heterocycles. The summed E-state index contributed by atoms with van der Waals surface area (Å²) < 4.78 is 50.6. The Kier molecular flexibility index (Phi) is 6.75. The van der Waals surface area contributed by atoms with Gasteiger partial charge in [0.2, 0.25) is 0 Å². The smallest absolute Gasteiger partial charge is 0.338 e. The monoisotopic (exact) mass is 714 g/mol. The van der Waals surface area contributed by atoms with Crippen molar-refractivity contribution in [2.75, 3.05) is 7.11 Å². The van der Waals surface area contributed by atoms with Gasteiger partial charge in [-0.15, -0.1) is 0 Å². The summed E-state index contributed by atoms with van der Waals surface area (Å²) in [4.78, 5) is 54.2. The molecule has 4 heterocycles. The van der Waals surface area contributed by atoms with Gasteiger partial charge in [-0.1, -0.05) is 34.6 Å². The number of fused-ring (bicyclic) bond motifs is 3. The van der Waals surface area contributed by atoms with Crippen molar-refractivity contribution in [2.24, 2.45) is 34.0 Å². The molecule has 7 aliphatic rings. The zero-order valence-electron chi connectivity index (χ0n) is 30.3. The average Bonchev–Trinajstić information content (AvgIpc) is 3.74. The highest BCUT2D eigenvalue weighted by atomic mass is 16.9. The molecule has 0 radical (unpaired) electrons. The zero-order chi connectivity index (χ0) is 37.1. The second-order valence-electron chi connectivity index (χ2n) is 16.9. The van der Waals surface area contributed by atoms with E-state index in [1.807, 2.05) is 20.8 Å². The number of ether oxygens (including phenoxy) is 7. The molecule has 2 spiro atoms. The first-order chi connectivity index (χ1) is 23.7. The van der Waals surface area contributed by atoms with Crippen LogP contribution in [0.5, 0.6) is 0 Å². The van der Waals surface area contributed by atoms with Crippen LogP contribution in [-0.2, 0) is 52.3 Å². The SMILES string of the molecule is COC(=O)CC1C2(C)CC34OC5(C)OC6(C7C(=C(O)C(C)C)C(=O)OC(c8ccoc8)C7(C)CCC6(O5)C13C)C(OC(C)=O)C4(O)C2OC(C)=O. The predicted molar refractivity (Wildman–Crippen MR) is 170 cm³/mol. The maximum atomic E-state index is 14.5. The highest BCUT2D eigenvalue weighted by molar-refractivity contribution is 5.92. The molecule has 278 valence electrons. The molecule has 51 heavy (non-hydrogen) atoms. The van der Waals surface area contributed by atoms with Gasteiger partial charge < -0.3 is 47.8 Å². The van der Waals surface area contributed by atoms with Gasteiger partial charge in [-0.2, -0.15) is 0 Å². The van der Waals surface area contributed by atoms with Gasteiger partial charge in [-0.3, -0.25) is 14.4 Å². The summed E-state index contributed by atoms with van der Waals surface area (Å²) in [7, 11) is 1.28. The average molecular weight is 715 g/mol. The van der Waals surface area contributed by atoms with E-state index in [0.717, 1.165) is 0 Å². The number of cyclic esters (lactones) is 1. The Hall–Kier alpha value is -3.46. The van der Waals surface area contributed by atoms with E-state index in [9.17, 15) is 29.4 Å². The van der Waals surface area contributed by atoms with E-state index in [-0.39, 0.29) is 30.6 Å². The fourth-order valence-corrected chi connectivity index (χ4v) is 12.9. The lowest BCUT2D eigenvalue weighted by Gasteiger charge is -2.77. The number of furan rings is 1. The summed E-state index contributed by atoms with van der Waals surface area (Å²) in [5, 5.41) is 25.7. The molecule has 13 atom stereocenters. The molecule has 2 N–H and O–H groups in total. The number of rotatable bonds is 6. The van der Waals surface area contributed by atoms with Crippen LogP contribution >= 0.6 is 0 Å². The second kappa shape index (κ2) is 9.94. The number of carbonyl (C=O) groups excluding carboxylic acids is 4. The Morgan fingerprint density at radius 3 is 2.20 bits per heavy atom. The first kappa shape index (κ1) is 34.6. The Labute approximate surface area is 295 Å². The van der Waals surface area contributed by atoms with Gasteiger partial charge in [-0.25, -0.2) is 4.79 Å². The number of allylic oxidation sites excluding steroid dienone is 1. The van der Waals surface area contributed by atoms with Crippen molar-refractivity contribution >= 4 is 23.9 Å². The van der Waals surface area contributed by atoms with Crippen LogP contribution in [0.1, 0.15) is 92.7 Å². The highest BCUT2D eigenvalue weighted by Gasteiger charge is 3.04. The van der Waals surface area contributed by atoms with Crippen molar-refractivity contribution in [1.29, 1.82) is 0 Å². The van der Waals surface area contributed by atoms with Crippen LogP contribution in [0, 0.1) is 34.0 Å². The molecule has 8 rings (SSSR count). The number of hydrogen-bond acceptors (Lipinski definition) is 14. The van der Waals surface area contributed by atoms with Crippen LogP contribution in [0.15, 0.2) is 34.3 Å². The van der Waals surface area contributed by atoms with E-state index in [4.69, 9.17) is 37.6 Å². The van der Waals surface area contributed by atoms with Crippen molar-refractivity contribution in [3.63, 3.8) is 0 Å². The quantitative estimate of drug-likeness (QED) is 0.187. The summed E-state index contributed by atoms with van der Waals surface area (Å²) in [6.07, 6.45) is -0.648. The number of aliphatic hydroxyl groups excluding tert-OH is 1. The van der Waals surface area contributed by atoms with Gasteiger partial charge in [0.1, 0.15) is 29.2 Å². The Bertz CT molecular complexity index is 1790. The molecule has 1 aromatic rings. The number of esters is 4. The maximum Gasteiger partial charge on any atom is 0.338 e. The summed E-state index contributed by atoms with van der Waals surface area (Å²) in [6, 6.07) is 1.69. The van der Waals surface area contributed by atoms with Crippen LogP contribution in [0.4, 0.5) is 0 Å². The Morgan fingerprint density at radius 2 is 1.61 bits per heavy atom. The van der Waals surface area contributed by atoms with Crippen molar-refractivity contribution < 1.29 is 67.0 Å². The Morgan fingerprint density at radius 1 is 0.961 bits per heavy atom. The van der Waals surface area contributed by atoms with E-state index in [1.54, 1.807) is 26.8 Å². The minimum Gasteiger partial charge on any atom is -0.511 e. The molecule has 13 unspecified atom stereocenters. The molecule has 0 aromatic carbocycles. The lowest BCUT2D eigenvalue weighted by atomic mass is 9.33. The minimum atomic E-state index is -2.32. The van der Waals surface area contributed by atoms with Crippen molar-refractivity contribution in [3.8, 4) is 0 Å². The summed E-state index contributed by atoms with van der Waals surface area (Å²) in [5.74, 6) is -7.53. The number of hydrogen-bond donors (Lipinski definition) is 2. The molecule has 1 aromatic heterocycles. The van der Waals surface area contributed by atoms with Crippen LogP contribution in [-0.4, -0.2) is 81.8 Å². The fourth-order valence-electron chi connectivity index (χ4n) is 12.9. The van der Waals surface area contributed by atoms with Gasteiger partial charge in [0.15, 0.2) is 17.3 Å². The van der Waals surface area contributed by atoms with E-state index >= 15 is 0 Å². The summed E-state index contributed by atoms with van der Waals surface area (Å²) >= 11 is 0. The predicted octanol–water partition coefficient (Wildman–Crippen LogP) is 3.95. The number of carbonyl (C=O) groups is 4. The normalized spacial score (nSPS) is 50.7. The van der Waals surface area contributed by atoms with Gasteiger partial charge in [0.25, 0.3) is 5.97 Å². The van der Waals surface area contributed by atoms with E-state index in [0.29, 0.717) is 12.0 Å². The third-order valence-electron chi connectivity index (χ3n) is 14.2. The molecule has 14 nitrogen and oxygen atoms in total. The standard InChI is InChI=1S/C37H46O14/c1-17(2)24(41)23-25-30(5,26(48-27(23)42)20-10-13-45-15-20)11-12-34-32(7)21(14-22(40)44-9)31(6)16-35(32)36(43,28(31)46-18(3)38)29(47-19(4)39)37(25,34)51-33(8,49-34)50-35/h10,13,15,17,21,25-26,28-29,41,43H,11-12,14,16H2,1-9H3. The van der Waals surface area contributed by atoms with E-state index in [1.165, 1.54) is 33.5 Å². The van der Waals surface area contributed by atoms with E-state index < -0.39 is 105 Å². The zero-order valence-corrected chi connectivity index (χ0v) is 30.3. The molecule has 3 aliphatic heterocycles. The fraction of sp³-hybridized carbons (Fsp3) is 0.730. The second-order valence-corrected chi connectivity index (χ2v) is 16.9. The summed E-state index contributed by atoms with van der Waals surface area (Å²) in [6.45, 7) is 13.1. The third kappa shape index (κ3) is 3.49. The van der Waals surface area contributed by atoms with Crippen LogP contribution in [0.25, 0.3) is 0 Å². The third-order valence-corrected chi connectivity index (χ3v) is 14.2. The molecule has 4 saturated carbocycles. The highest BCUT2D eigenvalue weighted by Crippen LogP contribution is 2.90. The first-order valence-corrected chi connectivity index (χ1v) is 17.6. The van der Waals surface area contributed by atoms with Crippen LogP contribution in [0.2, 0.25) is 0 Å². The molecule has 14 heteroatoms. The largest absolute Gasteiger partial charge is 0.511 e. The lowest BCUT2D eigenvalue weighted by molar-refractivity contribution is -0.477. The summed E-state index contributed by atoms with van der Waals surface area (Å²) in [5.41, 5.74) is -10.7. The van der Waals surface area contributed by atoms with Crippen molar-refractivity contribution in [1.82, 2.24) is 0 Å². The molecule has 4 aliphatic carbocycles. The van der Waals surface area contributed by atoms with Crippen molar-refractivity contribution in [3.05, 3.63) is 35.5 Å². The molecular formula is C37H46O14. The lowest BCUT2D eigenvalue weighted by Crippen LogP contribution is -2.93. The topological polar surface area (TPSA) is 186 Å². The molecular weight excluding hydrogens is 668 g/mol. The van der Waals surface area contributed by atoms with Crippen LogP contribution < -0.4 is 0 Å². The van der Waals surface area contributed by atoms with Gasteiger partial charge >= 0.3 is 23.9 Å². The minimum absolute atomic E-state index is 0.0755. The number of aliphatic hydroxyl groups is 2. The molecule has 7 fully saturated rings. The molecule has 0 amide bonds. The van der Waals surface area contributed by atoms with Gasteiger partial charge in [0.05, 0.1) is 25.2 Å². The van der Waals surface area contributed by atoms with Gasteiger partial charge in [-0.05, 0) is 31.2 Å². The Balaban J connectivity index is 1.53.